The van der Waals surface area contributed by atoms with Crippen molar-refractivity contribution in [2.45, 2.75) is 0 Å². The van der Waals surface area contributed by atoms with E-state index >= 15 is 0 Å². The lowest BCUT2D eigenvalue weighted by Crippen LogP contribution is -2.22. The van der Waals surface area contributed by atoms with Gasteiger partial charge in [0.2, 0.25) is 5.78 Å². The van der Waals surface area contributed by atoms with E-state index in [4.69, 9.17) is 0 Å². The zero-order valence-electron chi connectivity index (χ0n) is 14.6. The first-order valence-electron chi connectivity index (χ1n) is 8.80. The second kappa shape index (κ2) is 6.03. The van der Waals surface area contributed by atoms with Crippen LogP contribution in [0.3, 0.4) is 0 Å². The van der Waals surface area contributed by atoms with Crippen LogP contribution in [0.15, 0.2) is 77.9 Å². The molecule has 4 aromatic rings. The Balaban J connectivity index is 1.52. The van der Waals surface area contributed by atoms with Crippen molar-refractivity contribution in [1.82, 2.24) is 5.43 Å². The number of benzene rings is 4. The van der Waals surface area contributed by atoms with Gasteiger partial charge in [-0.05, 0) is 28.3 Å². The van der Waals surface area contributed by atoms with Gasteiger partial charge in [-0.3, -0.25) is 9.59 Å². The quantitative estimate of drug-likeness (QED) is 0.526. The van der Waals surface area contributed by atoms with E-state index in [0.29, 0.717) is 11.1 Å². The van der Waals surface area contributed by atoms with Gasteiger partial charge in [-0.25, -0.2) is 5.43 Å². The van der Waals surface area contributed by atoms with Crippen molar-refractivity contribution in [2.24, 2.45) is 5.10 Å². The zero-order chi connectivity index (χ0) is 19.3. The maximum absolute atomic E-state index is 12.7. The Kier molecular flexibility index (Phi) is 3.49. The molecule has 5 heteroatoms. The normalized spacial score (nSPS) is 14.1. The summed E-state index contributed by atoms with van der Waals surface area (Å²) in [6.07, 6.45) is 0. The smallest absolute Gasteiger partial charge is 0.275 e. The van der Waals surface area contributed by atoms with Crippen molar-refractivity contribution >= 4 is 38.9 Å². The molecule has 28 heavy (non-hydrogen) atoms. The summed E-state index contributed by atoms with van der Waals surface area (Å²) in [5, 5.41) is 17.8. The fourth-order valence-electron chi connectivity index (χ4n) is 3.67. The van der Waals surface area contributed by atoms with E-state index in [9.17, 15) is 14.7 Å². The molecular weight excluding hydrogens is 352 g/mol. The van der Waals surface area contributed by atoms with Crippen LogP contribution in [0.4, 0.5) is 0 Å². The van der Waals surface area contributed by atoms with E-state index in [1.165, 1.54) is 6.07 Å². The van der Waals surface area contributed by atoms with Crippen molar-refractivity contribution in [3.8, 4) is 5.75 Å². The molecule has 4 aromatic carbocycles. The molecule has 0 aromatic heterocycles. The average Bonchev–Trinajstić information content (AvgIpc) is 2.99. The first-order chi connectivity index (χ1) is 13.6. The fraction of sp³-hybridized carbons (Fsp3) is 0. The largest absolute Gasteiger partial charge is 0.507 e. The Morgan fingerprint density at radius 2 is 1.46 bits per heavy atom. The predicted octanol–water partition coefficient (Wildman–Crippen LogP) is 4.03. The van der Waals surface area contributed by atoms with Gasteiger partial charge in [0.25, 0.3) is 5.91 Å². The number of hydrogen-bond donors (Lipinski definition) is 2. The highest BCUT2D eigenvalue weighted by atomic mass is 16.3. The molecule has 0 unspecified atom stereocenters. The third kappa shape index (κ3) is 2.37. The van der Waals surface area contributed by atoms with Gasteiger partial charge in [0.05, 0.1) is 5.56 Å². The number of hydrogen-bond acceptors (Lipinski definition) is 4. The molecular formula is C23H14N2O3. The number of fused-ring (bicyclic) bond motifs is 1. The molecule has 0 fully saturated rings. The first-order valence-corrected chi connectivity index (χ1v) is 8.80. The summed E-state index contributed by atoms with van der Waals surface area (Å²) in [5.41, 5.74) is 3.99. The number of nitrogens with one attached hydrogen (secondary N) is 1. The molecule has 0 heterocycles. The molecule has 0 radical (unpaired) electrons. The molecule has 0 bridgehead atoms. The lowest BCUT2D eigenvalue weighted by Gasteiger charge is -2.06. The van der Waals surface area contributed by atoms with Gasteiger partial charge in [0.15, 0.2) is 0 Å². The summed E-state index contributed by atoms with van der Waals surface area (Å²) in [7, 11) is 0. The van der Waals surface area contributed by atoms with Gasteiger partial charge in [-0.1, -0.05) is 60.7 Å². The number of amides is 1. The number of aromatic hydroxyl groups is 1. The second-order valence-electron chi connectivity index (χ2n) is 6.66. The Labute approximate surface area is 159 Å². The molecule has 5 rings (SSSR count). The Morgan fingerprint density at radius 3 is 2.21 bits per heavy atom. The summed E-state index contributed by atoms with van der Waals surface area (Å²) < 4.78 is 0. The van der Waals surface area contributed by atoms with Crippen LogP contribution >= 0.6 is 0 Å². The molecule has 1 amide bonds. The van der Waals surface area contributed by atoms with E-state index in [1.54, 1.807) is 12.1 Å². The van der Waals surface area contributed by atoms with Crippen molar-refractivity contribution in [1.29, 1.82) is 0 Å². The standard InChI is InChI=1S/C23H14N2O3/c26-19-12-15-6-2-1-5-14(15)11-18(19)23(28)25-24-21-16-9-3-7-13-8-4-10-17(20(13)16)22(21)27/h1-12,26H,(H,25,28). The van der Waals surface area contributed by atoms with Crippen LogP contribution < -0.4 is 5.43 Å². The molecule has 0 spiro atoms. The van der Waals surface area contributed by atoms with Gasteiger partial charge in [-0.15, -0.1) is 0 Å². The number of Topliss-reactive ketones (excluding diaryl/α,β-unsaturated/α-hetero) is 1. The van der Waals surface area contributed by atoms with Crippen molar-refractivity contribution in [3.63, 3.8) is 0 Å². The molecule has 0 saturated heterocycles. The molecule has 1 aliphatic rings. The van der Waals surface area contributed by atoms with E-state index in [1.807, 2.05) is 54.6 Å². The molecule has 134 valence electrons. The third-order valence-electron chi connectivity index (χ3n) is 5.00. The lowest BCUT2D eigenvalue weighted by molar-refractivity contribution is 0.0952. The van der Waals surface area contributed by atoms with E-state index < -0.39 is 5.91 Å². The predicted molar refractivity (Wildman–Crippen MR) is 108 cm³/mol. The molecule has 1 aliphatic carbocycles. The minimum atomic E-state index is -0.577. The van der Waals surface area contributed by atoms with Crippen LogP contribution in [0.25, 0.3) is 21.5 Å². The number of hydrazone groups is 1. The summed E-state index contributed by atoms with van der Waals surface area (Å²) in [6.45, 7) is 0. The number of carbonyl (C=O) groups excluding carboxylic acids is 2. The number of nitrogens with zero attached hydrogens (tertiary/aromatic N) is 1. The lowest BCUT2D eigenvalue weighted by atomic mass is 10.1. The maximum Gasteiger partial charge on any atom is 0.275 e. The van der Waals surface area contributed by atoms with Gasteiger partial charge >= 0.3 is 0 Å². The molecule has 2 N–H and O–H groups in total. The SMILES string of the molecule is O=C(NN=C1C(=O)c2cccc3cccc1c23)c1cc2ccccc2cc1O. The highest BCUT2D eigenvalue weighted by molar-refractivity contribution is 6.59. The van der Waals surface area contributed by atoms with Crippen molar-refractivity contribution in [2.75, 3.05) is 0 Å². The highest BCUT2D eigenvalue weighted by Crippen LogP contribution is 2.31. The van der Waals surface area contributed by atoms with Gasteiger partial charge in [-0.2, -0.15) is 5.10 Å². The Morgan fingerprint density at radius 1 is 0.821 bits per heavy atom. The highest BCUT2D eigenvalue weighted by Gasteiger charge is 2.29. The second-order valence-corrected chi connectivity index (χ2v) is 6.66. The number of phenols is 1. The molecule has 5 nitrogen and oxygen atoms in total. The molecule has 0 aliphatic heterocycles. The van der Waals surface area contributed by atoms with Gasteiger partial charge in [0, 0.05) is 16.5 Å². The van der Waals surface area contributed by atoms with Crippen LogP contribution in [-0.2, 0) is 0 Å². The average molecular weight is 366 g/mol. The fourth-order valence-corrected chi connectivity index (χ4v) is 3.67. The molecule has 0 atom stereocenters. The third-order valence-corrected chi connectivity index (χ3v) is 5.00. The van der Waals surface area contributed by atoms with E-state index in [2.05, 4.69) is 10.5 Å². The van der Waals surface area contributed by atoms with Crippen LogP contribution in [-0.4, -0.2) is 22.5 Å². The topological polar surface area (TPSA) is 78.8 Å². The summed E-state index contributed by atoms with van der Waals surface area (Å²) in [6, 6.07) is 21.7. The van der Waals surface area contributed by atoms with Gasteiger partial charge < -0.3 is 5.11 Å². The van der Waals surface area contributed by atoms with E-state index in [-0.39, 0.29) is 22.8 Å². The number of phenolic OH excluding ortho intramolecular Hbond substituents is 1. The van der Waals surface area contributed by atoms with Crippen molar-refractivity contribution < 1.29 is 14.7 Å². The monoisotopic (exact) mass is 366 g/mol. The summed E-state index contributed by atoms with van der Waals surface area (Å²) in [5.74, 6) is -0.943. The Hall–Kier alpha value is -3.99. The summed E-state index contributed by atoms with van der Waals surface area (Å²) in [4.78, 5) is 25.3. The van der Waals surface area contributed by atoms with Crippen molar-refractivity contribution in [3.05, 3.63) is 89.5 Å². The van der Waals surface area contributed by atoms with Crippen LogP contribution in [0.5, 0.6) is 5.75 Å². The van der Waals surface area contributed by atoms with Crippen LogP contribution in [0.1, 0.15) is 26.3 Å². The zero-order valence-corrected chi connectivity index (χ0v) is 14.6. The Bertz CT molecular complexity index is 1330. The minimum absolute atomic E-state index is 0.101. The van der Waals surface area contributed by atoms with Crippen LogP contribution in [0, 0.1) is 0 Å². The number of ketones is 1. The maximum atomic E-state index is 12.7. The number of carbonyl (C=O) groups is 2. The number of rotatable bonds is 2. The summed E-state index contributed by atoms with van der Waals surface area (Å²) >= 11 is 0. The van der Waals surface area contributed by atoms with E-state index in [0.717, 1.165) is 21.5 Å². The van der Waals surface area contributed by atoms with Crippen LogP contribution in [0.2, 0.25) is 0 Å². The van der Waals surface area contributed by atoms with Gasteiger partial charge in [0.1, 0.15) is 11.5 Å². The molecule has 0 saturated carbocycles. The first kappa shape index (κ1) is 16.2. The minimum Gasteiger partial charge on any atom is -0.507 e.